The third kappa shape index (κ3) is 3.42. The van der Waals surface area contributed by atoms with Crippen LogP contribution in [0.5, 0.6) is 0 Å². The molecule has 0 radical (unpaired) electrons. The fourth-order valence-electron chi connectivity index (χ4n) is 2.60. The molecular formula is C16H22N2O3. The molecule has 5 nitrogen and oxygen atoms in total. The van der Waals surface area contributed by atoms with E-state index in [-0.39, 0.29) is 17.3 Å². The van der Waals surface area contributed by atoms with Gasteiger partial charge in [0.2, 0.25) is 5.91 Å². The summed E-state index contributed by atoms with van der Waals surface area (Å²) in [5.74, 6) is -0.364. The van der Waals surface area contributed by atoms with Gasteiger partial charge >= 0.3 is 5.97 Å². The molecule has 5 heteroatoms. The van der Waals surface area contributed by atoms with Crippen molar-refractivity contribution in [3.8, 4) is 0 Å². The highest BCUT2D eigenvalue weighted by atomic mass is 16.5. The zero-order valence-corrected chi connectivity index (χ0v) is 12.6. The minimum atomic E-state index is -0.374. The van der Waals surface area contributed by atoms with E-state index in [0.717, 1.165) is 19.4 Å². The molecule has 0 saturated carbocycles. The molecule has 1 atom stereocenters. The molecule has 1 aromatic rings. The Morgan fingerprint density at radius 3 is 2.81 bits per heavy atom. The maximum Gasteiger partial charge on any atom is 0.338 e. The number of hydrogen-bond donors (Lipinski definition) is 2. The average Bonchev–Trinajstić information content (AvgIpc) is 2.98. The normalized spacial score (nSPS) is 21.0. The molecular weight excluding hydrogens is 268 g/mol. The highest BCUT2D eigenvalue weighted by Crippen LogP contribution is 2.31. The predicted octanol–water partition coefficient (Wildman–Crippen LogP) is 2.19. The van der Waals surface area contributed by atoms with Crippen molar-refractivity contribution in [3.05, 3.63) is 29.8 Å². The van der Waals surface area contributed by atoms with E-state index in [1.54, 1.807) is 31.2 Å². The third-order valence-electron chi connectivity index (χ3n) is 4.03. The minimum Gasteiger partial charge on any atom is -0.462 e. The van der Waals surface area contributed by atoms with E-state index < -0.39 is 0 Å². The van der Waals surface area contributed by atoms with Gasteiger partial charge < -0.3 is 15.4 Å². The van der Waals surface area contributed by atoms with E-state index >= 15 is 0 Å². The standard InChI is InChI=1S/C16H22N2O3/c1-3-16(8-9-17-11-16)15(20)18-13-7-5-6-12(10-13)14(19)21-4-2/h5-7,10,17H,3-4,8-9,11H2,1-2H3,(H,18,20). The highest BCUT2D eigenvalue weighted by molar-refractivity contribution is 5.97. The highest BCUT2D eigenvalue weighted by Gasteiger charge is 2.39. The third-order valence-corrected chi connectivity index (χ3v) is 4.03. The first kappa shape index (κ1) is 15.5. The topological polar surface area (TPSA) is 67.4 Å². The maximum atomic E-state index is 12.5. The second-order valence-corrected chi connectivity index (χ2v) is 5.32. The molecule has 0 aliphatic carbocycles. The predicted molar refractivity (Wildman–Crippen MR) is 81.2 cm³/mol. The van der Waals surface area contributed by atoms with Crippen LogP contribution in [-0.4, -0.2) is 31.6 Å². The Balaban J connectivity index is 2.10. The van der Waals surface area contributed by atoms with Crippen LogP contribution in [0.15, 0.2) is 24.3 Å². The van der Waals surface area contributed by atoms with Crippen molar-refractivity contribution in [1.29, 1.82) is 0 Å². The van der Waals surface area contributed by atoms with Crippen molar-refractivity contribution < 1.29 is 14.3 Å². The zero-order chi connectivity index (χ0) is 15.3. The van der Waals surface area contributed by atoms with Crippen molar-refractivity contribution in [1.82, 2.24) is 5.32 Å². The largest absolute Gasteiger partial charge is 0.462 e. The van der Waals surface area contributed by atoms with Gasteiger partial charge in [0.05, 0.1) is 17.6 Å². The molecule has 0 bridgehead atoms. The van der Waals surface area contributed by atoms with Crippen LogP contribution in [0.2, 0.25) is 0 Å². The first-order valence-electron chi connectivity index (χ1n) is 7.40. The van der Waals surface area contributed by atoms with Crippen LogP contribution in [0.25, 0.3) is 0 Å². The zero-order valence-electron chi connectivity index (χ0n) is 12.6. The Hall–Kier alpha value is -1.88. The van der Waals surface area contributed by atoms with Gasteiger partial charge in [-0.2, -0.15) is 0 Å². The van der Waals surface area contributed by atoms with Gasteiger partial charge in [0.1, 0.15) is 0 Å². The molecule has 1 heterocycles. The van der Waals surface area contributed by atoms with Crippen LogP contribution in [0.3, 0.4) is 0 Å². The lowest BCUT2D eigenvalue weighted by atomic mass is 9.83. The van der Waals surface area contributed by atoms with Crippen LogP contribution in [-0.2, 0) is 9.53 Å². The fourth-order valence-corrected chi connectivity index (χ4v) is 2.60. The van der Waals surface area contributed by atoms with Crippen molar-refractivity contribution in [2.24, 2.45) is 5.41 Å². The molecule has 1 aromatic carbocycles. The van der Waals surface area contributed by atoms with Crippen molar-refractivity contribution in [2.45, 2.75) is 26.7 Å². The van der Waals surface area contributed by atoms with Crippen LogP contribution < -0.4 is 10.6 Å². The van der Waals surface area contributed by atoms with Gasteiger partial charge in [-0.1, -0.05) is 13.0 Å². The Bertz CT molecular complexity index is 522. The second-order valence-electron chi connectivity index (χ2n) is 5.32. The van der Waals surface area contributed by atoms with E-state index in [9.17, 15) is 9.59 Å². The molecule has 0 spiro atoms. The summed E-state index contributed by atoms with van der Waals surface area (Å²) in [6, 6.07) is 6.86. The van der Waals surface area contributed by atoms with Crippen molar-refractivity contribution in [2.75, 3.05) is 25.0 Å². The Labute approximate surface area is 125 Å². The number of esters is 1. The van der Waals surface area contributed by atoms with Gasteiger partial charge in [-0.25, -0.2) is 4.79 Å². The number of hydrogen-bond acceptors (Lipinski definition) is 4. The van der Waals surface area contributed by atoms with Crippen molar-refractivity contribution >= 4 is 17.6 Å². The summed E-state index contributed by atoms with van der Waals surface area (Å²) < 4.78 is 4.97. The molecule has 1 aliphatic rings. The monoisotopic (exact) mass is 290 g/mol. The van der Waals surface area contributed by atoms with Gasteiger partial charge in [0.25, 0.3) is 0 Å². The Kier molecular flexibility index (Phi) is 4.96. The number of ether oxygens (including phenoxy) is 1. The summed E-state index contributed by atoms with van der Waals surface area (Å²) in [7, 11) is 0. The summed E-state index contributed by atoms with van der Waals surface area (Å²) >= 11 is 0. The molecule has 2 N–H and O–H groups in total. The Morgan fingerprint density at radius 1 is 1.38 bits per heavy atom. The maximum absolute atomic E-state index is 12.5. The fraction of sp³-hybridized carbons (Fsp3) is 0.500. The summed E-state index contributed by atoms with van der Waals surface area (Å²) in [6.45, 7) is 5.69. The second kappa shape index (κ2) is 6.72. The number of amides is 1. The lowest BCUT2D eigenvalue weighted by Gasteiger charge is -2.25. The molecule has 21 heavy (non-hydrogen) atoms. The molecule has 114 valence electrons. The van der Waals surface area contributed by atoms with E-state index in [2.05, 4.69) is 10.6 Å². The summed E-state index contributed by atoms with van der Waals surface area (Å²) in [4.78, 5) is 24.2. The molecule has 2 rings (SSSR count). The lowest BCUT2D eigenvalue weighted by molar-refractivity contribution is -0.124. The van der Waals surface area contributed by atoms with Gasteiger partial charge in [0.15, 0.2) is 0 Å². The molecule has 1 amide bonds. The quantitative estimate of drug-likeness (QED) is 0.816. The molecule has 0 aromatic heterocycles. The van der Waals surface area contributed by atoms with Gasteiger partial charge in [-0.15, -0.1) is 0 Å². The number of anilines is 1. The number of carbonyl (C=O) groups excluding carboxylic acids is 2. The van der Waals surface area contributed by atoms with Crippen LogP contribution >= 0.6 is 0 Å². The van der Waals surface area contributed by atoms with E-state index in [4.69, 9.17) is 4.74 Å². The summed E-state index contributed by atoms with van der Waals surface area (Å²) in [5.41, 5.74) is 0.731. The average molecular weight is 290 g/mol. The van der Waals surface area contributed by atoms with Gasteiger partial charge in [-0.3, -0.25) is 4.79 Å². The number of carbonyl (C=O) groups is 2. The van der Waals surface area contributed by atoms with Crippen molar-refractivity contribution in [3.63, 3.8) is 0 Å². The molecule has 1 fully saturated rings. The summed E-state index contributed by atoms with van der Waals surface area (Å²) in [5, 5.41) is 6.17. The van der Waals surface area contributed by atoms with Gasteiger partial charge in [0, 0.05) is 12.2 Å². The molecule has 1 saturated heterocycles. The molecule has 1 unspecified atom stereocenters. The van der Waals surface area contributed by atoms with E-state index in [1.165, 1.54) is 0 Å². The smallest absolute Gasteiger partial charge is 0.338 e. The minimum absolute atomic E-state index is 0.0102. The van der Waals surface area contributed by atoms with Crippen LogP contribution in [0, 0.1) is 5.41 Å². The van der Waals surface area contributed by atoms with Gasteiger partial charge in [-0.05, 0) is 44.5 Å². The Morgan fingerprint density at radius 2 is 2.19 bits per heavy atom. The SMILES string of the molecule is CCOC(=O)c1cccc(NC(=O)C2(CC)CCNC2)c1. The first-order valence-corrected chi connectivity index (χ1v) is 7.40. The number of benzene rings is 1. The first-order chi connectivity index (χ1) is 10.1. The van der Waals surface area contributed by atoms with Crippen LogP contribution in [0.1, 0.15) is 37.0 Å². The van der Waals surface area contributed by atoms with E-state index in [0.29, 0.717) is 24.4 Å². The lowest BCUT2D eigenvalue weighted by Crippen LogP contribution is -2.37. The molecule has 1 aliphatic heterocycles. The number of nitrogens with one attached hydrogen (secondary N) is 2. The number of rotatable bonds is 5. The van der Waals surface area contributed by atoms with Crippen LogP contribution in [0.4, 0.5) is 5.69 Å². The summed E-state index contributed by atoms with van der Waals surface area (Å²) in [6.07, 6.45) is 1.64. The van der Waals surface area contributed by atoms with E-state index in [1.807, 2.05) is 6.92 Å².